The zero-order valence-electron chi connectivity index (χ0n) is 24.8. The second kappa shape index (κ2) is 14.1. The first-order valence-electron chi connectivity index (χ1n) is 14.1. The van der Waals surface area contributed by atoms with E-state index in [4.69, 9.17) is 11.6 Å². The van der Waals surface area contributed by atoms with Gasteiger partial charge < -0.3 is 10.2 Å². The Bertz CT molecular complexity index is 1680. The fourth-order valence-electron chi connectivity index (χ4n) is 4.67. The van der Waals surface area contributed by atoms with E-state index in [1.165, 1.54) is 29.2 Å². The summed E-state index contributed by atoms with van der Waals surface area (Å²) in [5, 5.41) is 3.38. The molecule has 0 aliphatic carbocycles. The SMILES string of the molecule is CC(C)(C)NC(=O)[C@H](Cc1ccccc1)N(Cc1ccccc1Cl)C(=O)CN(c1ccc(F)cc1)S(=O)(=O)c1ccccc1. The average molecular weight is 636 g/mol. The molecule has 1 N–H and O–H groups in total. The summed E-state index contributed by atoms with van der Waals surface area (Å²) in [5.74, 6) is -1.60. The van der Waals surface area contributed by atoms with Gasteiger partial charge in [0.05, 0.1) is 10.6 Å². The molecular weight excluding hydrogens is 601 g/mol. The van der Waals surface area contributed by atoms with Crippen molar-refractivity contribution in [3.8, 4) is 0 Å². The van der Waals surface area contributed by atoms with Crippen LogP contribution in [0.4, 0.5) is 10.1 Å². The summed E-state index contributed by atoms with van der Waals surface area (Å²) in [5.41, 5.74) is 0.885. The van der Waals surface area contributed by atoms with Crippen molar-refractivity contribution >= 4 is 39.1 Å². The molecule has 10 heteroatoms. The third-order valence-corrected chi connectivity index (χ3v) is 8.95. The molecule has 0 unspecified atom stereocenters. The highest BCUT2D eigenvalue weighted by Gasteiger charge is 2.35. The van der Waals surface area contributed by atoms with Gasteiger partial charge in [0, 0.05) is 23.5 Å². The van der Waals surface area contributed by atoms with Gasteiger partial charge in [-0.05, 0) is 74.4 Å². The lowest BCUT2D eigenvalue weighted by atomic mass is 10.0. The maximum Gasteiger partial charge on any atom is 0.264 e. The van der Waals surface area contributed by atoms with Crippen LogP contribution in [0.3, 0.4) is 0 Å². The Hall–Kier alpha value is -4.21. The summed E-state index contributed by atoms with van der Waals surface area (Å²) >= 11 is 6.51. The van der Waals surface area contributed by atoms with E-state index >= 15 is 0 Å². The number of anilines is 1. The van der Waals surface area contributed by atoms with Gasteiger partial charge in [-0.2, -0.15) is 0 Å². The fourth-order valence-corrected chi connectivity index (χ4v) is 6.30. The largest absolute Gasteiger partial charge is 0.350 e. The highest BCUT2D eigenvalue weighted by atomic mass is 35.5. The quantitative estimate of drug-likeness (QED) is 0.212. The Kier molecular flexibility index (Phi) is 10.4. The number of hydrogen-bond donors (Lipinski definition) is 1. The molecule has 0 heterocycles. The predicted molar refractivity (Wildman–Crippen MR) is 171 cm³/mol. The summed E-state index contributed by atoms with van der Waals surface area (Å²) in [6.45, 7) is 4.81. The number of nitrogens with zero attached hydrogens (tertiary/aromatic N) is 2. The van der Waals surface area contributed by atoms with Crippen LogP contribution in [-0.4, -0.2) is 43.3 Å². The summed E-state index contributed by atoms with van der Waals surface area (Å²) < 4.78 is 42.7. The maximum atomic E-state index is 14.4. The van der Waals surface area contributed by atoms with Gasteiger partial charge in [0.15, 0.2) is 0 Å². The molecule has 4 aromatic carbocycles. The van der Waals surface area contributed by atoms with Gasteiger partial charge in [0.25, 0.3) is 10.0 Å². The molecule has 2 amide bonds. The minimum absolute atomic E-state index is 0.0407. The van der Waals surface area contributed by atoms with Crippen LogP contribution in [0.2, 0.25) is 5.02 Å². The molecule has 0 fully saturated rings. The molecule has 230 valence electrons. The first kappa shape index (κ1) is 32.7. The Morgan fingerprint density at radius 2 is 1.41 bits per heavy atom. The molecule has 0 aromatic heterocycles. The summed E-state index contributed by atoms with van der Waals surface area (Å²) in [4.78, 5) is 29.6. The molecule has 7 nitrogen and oxygen atoms in total. The zero-order valence-corrected chi connectivity index (χ0v) is 26.4. The predicted octanol–water partition coefficient (Wildman–Crippen LogP) is 6.23. The number of rotatable bonds is 11. The van der Waals surface area contributed by atoms with Crippen LogP contribution in [0, 0.1) is 5.82 Å². The van der Waals surface area contributed by atoms with Crippen molar-refractivity contribution in [2.24, 2.45) is 0 Å². The van der Waals surface area contributed by atoms with E-state index in [9.17, 15) is 22.4 Å². The number of nitrogens with one attached hydrogen (secondary N) is 1. The third-order valence-electron chi connectivity index (χ3n) is 6.79. The zero-order chi connectivity index (χ0) is 31.9. The van der Waals surface area contributed by atoms with Gasteiger partial charge in [-0.25, -0.2) is 12.8 Å². The number of amides is 2. The number of sulfonamides is 1. The molecule has 44 heavy (non-hydrogen) atoms. The van der Waals surface area contributed by atoms with Crippen LogP contribution in [-0.2, 0) is 32.6 Å². The van der Waals surface area contributed by atoms with Crippen molar-refractivity contribution in [2.45, 2.75) is 50.2 Å². The number of hydrogen-bond acceptors (Lipinski definition) is 4. The van der Waals surface area contributed by atoms with Gasteiger partial charge in [-0.3, -0.25) is 13.9 Å². The Morgan fingerprint density at radius 1 is 0.841 bits per heavy atom. The van der Waals surface area contributed by atoms with E-state index in [0.717, 1.165) is 22.0 Å². The Balaban J connectivity index is 1.82. The van der Waals surface area contributed by atoms with Crippen LogP contribution in [0.25, 0.3) is 0 Å². The summed E-state index contributed by atoms with van der Waals surface area (Å²) in [7, 11) is -4.27. The van der Waals surface area contributed by atoms with E-state index in [-0.39, 0.29) is 23.5 Å². The minimum Gasteiger partial charge on any atom is -0.350 e. The van der Waals surface area contributed by atoms with Gasteiger partial charge in [0.2, 0.25) is 11.8 Å². The highest BCUT2D eigenvalue weighted by molar-refractivity contribution is 7.92. The van der Waals surface area contributed by atoms with E-state index < -0.39 is 45.8 Å². The van der Waals surface area contributed by atoms with Crippen molar-refractivity contribution in [1.82, 2.24) is 10.2 Å². The highest BCUT2D eigenvalue weighted by Crippen LogP contribution is 2.26. The lowest BCUT2D eigenvalue weighted by Crippen LogP contribution is -2.56. The molecule has 0 saturated carbocycles. The Labute approximate surface area is 263 Å². The molecule has 0 saturated heterocycles. The van der Waals surface area contributed by atoms with Crippen molar-refractivity contribution in [2.75, 3.05) is 10.8 Å². The molecule has 1 atom stereocenters. The summed E-state index contributed by atoms with van der Waals surface area (Å²) in [6, 6.07) is 27.8. The monoisotopic (exact) mass is 635 g/mol. The van der Waals surface area contributed by atoms with E-state index in [2.05, 4.69) is 5.32 Å². The van der Waals surface area contributed by atoms with Crippen molar-refractivity contribution in [3.63, 3.8) is 0 Å². The van der Waals surface area contributed by atoms with Crippen LogP contribution in [0.15, 0.2) is 114 Å². The van der Waals surface area contributed by atoms with Crippen LogP contribution >= 0.6 is 11.6 Å². The fraction of sp³-hybridized carbons (Fsp3) is 0.235. The first-order chi connectivity index (χ1) is 20.8. The van der Waals surface area contributed by atoms with Crippen LogP contribution in [0.1, 0.15) is 31.9 Å². The topological polar surface area (TPSA) is 86.8 Å². The van der Waals surface area contributed by atoms with Gasteiger partial charge in [0.1, 0.15) is 18.4 Å². The second-order valence-electron chi connectivity index (χ2n) is 11.4. The number of halogens is 2. The number of carbonyl (C=O) groups is 2. The van der Waals surface area contributed by atoms with Crippen molar-refractivity contribution in [3.05, 3.63) is 131 Å². The Morgan fingerprint density at radius 3 is 2.00 bits per heavy atom. The molecule has 0 spiro atoms. The normalized spacial score (nSPS) is 12.3. The average Bonchev–Trinajstić information content (AvgIpc) is 2.99. The number of benzene rings is 4. The van der Waals surface area contributed by atoms with Gasteiger partial charge in [-0.1, -0.05) is 78.3 Å². The lowest BCUT2D eigenvalue weighted by Gasteiger charge is -2.35. The molecule has 4 aromatic rings. The number of carbonyl (C=O) groups excluding carboxylic acids is 2. The molecule has 0 aliphatic heterocycles. The lowest BCUT2D eigenvalue weighted by molar-refractivity contribution is -0.140. The first-order valence-corrected chi connectivity index (χ1v) is 15.9. The van der Waals surface area contributed by atoms with E-state index in [1.807, 2.05) is 51.1 Å². The minimum atomic E-state index is -4.27. The van der Waals surface area contributed by atoms with Crippen LogP contribution in [0.5, 0.6) is 0 Å². The molecule has 0 bridgehead atoms. The molecular formula is C34H35ClFN3O4S. The molecule has 0 aliphatic rings. The maximum absolute atomic E-state index is 14.4. The molecule has 4 rings (SSSR count). The third kappa shape index (κ3) is 8.45. The van der Waals surface area contributed by atoms with Crippen LogP contribution < -0.4 is 9.62 Å². The van der Waals surface area contributed by atoms with Gasteiger partial charge in [-0.15, -0.1) is 0 Å². The van der Waals surface area contributed by atoms with Gasteiger partial charge >= 0.3 is 0 Å². The smallest absolute Gasteiger partial charge is 0.264 e. The standard InChI is InChI=1S/C34H35ClFN3O4S/c1-34(2,3)37-33(41)31(22-25-12-6-4-7-13-25)38(23-26-14-10-11-17-30(26)35)32(40)24-39(28-20-18-27(36)19-21-28)44(42,43)29-15-8-5-9-16-29/h4-21,31H,22-24H2,1-3H3,(H,37,41)/t31-/m0/s1. The summed E-state index contributed by atoms with van der Waals surface area (Å²) in [6.07, 6.45) is 0.168. The van der Waals surface area contributed by atoms with Crippen molar-refractivity contribution in [1.29, 1.82) is 0 Å². The van der Waals surface area contributed by atoms with E-state index in [0.29, 0.717) is 10.6 Å². The second-order valence-corrected chi connectivity index (χ2v) is 13.6. The van der Waals surface area contributed by atoms with Crippen molar-refractivity contribution < 1.29 is 22.4 Å². The van der Waals surface area contributed by atoms with E-state index in [1.54, 1.807) is 42.5 Å². The molecule has 0 radical (unpaired) electrons.